The molecule has 0 bridgehead atoms. The second-order valence-electron chi connectivity index (χ2n) is 5.64. The number of halogens is 1. The molecule has 4 heteroatoms. The molecule has 0 atom stereocenters. The van der Waals surface area contributed by atoms with Crippen LogP contribution in [0.4, 0.5) is 10.1 Å². The molecule has 0 fully saturated rings. The van der Waals surface area contributed by atoms with Crippen LogP contribution in [0, 0.1) is 12.7 Å². The Morgan fingerprint density at radius 1 is 1.29 bits per heavy atom. The Hall–Kier alpha value is -1.81. The van der Waals surface area contributed by atoms with Gasteiger partial charge < -0.3 is 14.6 Å². The maximum absolute atomic E-state index is 13.8. The molecule has 0 spiro atoms. The van der Waals surface area contributed by atoms with Crippen molar-refractivity contribution in [3.8, 4) is 0 Å². The van der Waals surface area contributed by atoms with Gasteiger partial charge in [-0.05, 0) is 25.1 Å². The van der Waals surface area contributed by atoms with Gasteiger partial charge in [0.25, 0.3) is 0 Å². The zero-order valence-corrected chi connectivity index (χ0v) is 13.1. The molecule has 0 radical (unpaired) electrons. The fourth-order valence-corrected chi connectivity index (χ4v) is 2.24. The second kappa shape index (κ2) is 6.76. The van der Waals surface area contributed by atoms with Crippen molar-refractivity contribution in [1.82, 2.24) is 5.32 Å². The highest BCUT2D eigenvalue weighted by Crippen LogP contribution is 2.22. The van der Waals surface area contributed by atoms with Crippen molar-refractivity contribution in [3.63, 3.8) is 0 Å². The number of hydrogen-bond acceptors (Lipinski definition) is 3. The fraction of sp³-hybridized carbons (Fsp3) is 0.412. The van der Waals surface area contributed by atoms with Gasteiger partial charge in [-0.3, -0.25) is 0 Å². The lowest BCUT2D eigenvalue weighted by Gasteiger charge is -2.19. The van der Waals surface area contributed by atoms with Crippen molar-refractivity contribution in [3.05, 3.63) is 53.2 Å². The number of nitrogens with zero attached hydrogens (tertiary/aromatic N) is 1. The maximum atomic E-state index is 13.8. The molecule has 3 nitrogen and oxygen atoms in total. The summed E-state index contributed by atoms with van der Waals surface area (Å²) in [5.41, 5.74) is 1.68. The first kappa shape index (κ1) is 15.6. The number of para-hydroxylation sites is 1. The van der Waals surface area contributed by atoms with Crippen molar-refractivity contribution in [1.29, 1.82) is 0 Å². The van der Waals surface area contributed by atoms with Crippen LogP contribution in [0.2, 0.25) is 0 Å². The highest BCUT2D eigenvalue weighted by Gasteiger charge is 2.12. The largest absolute Gasteiger partial charge is 0.465 e. The van der Waals surface area contributed by atoms with Crippen LogP contribution < -0.4 is 10.2 Å². The number of nitrogens with one attached hydrogen (secondary N) is 1. The number of aryl methyl sites for hydroxylation is 1. The van der Waals surface area contributed by atoms with Crippen LogP contribution in [0.5, 0.6) is 0 Å². The average Bonchev–Trinajstić information content (AvgIpc) is 2.77. The molecule has 0 saturated carbocycles. The minimum absolute atomic E-state index is 0.206. The summed E-state index contributed by atoms with van der Waals surface area (Å²) in [7, 11) is 1.89. The summed E-state index contributed by atoms with van der Waals surface area (Å²) in [6.45, 7) is 7.48. The van der Waals surface area contributed by atoms with Crippen LogP contribution in [0.1, 0.15) is 30.9 Å². The summed E-state index contributed by atoms with van der Waals surface area (Å²) in [6.07, 6.45) is 0. The zero-order chi connectivity index (χ0) is 15.4. The van der Waals surface area contributed by atoms with Gasteiger partial charge in [0, 0.05) is 25.2 Å². The summed E-state index contributed by atoms with van der Waals surface area (Å²) < 4.78 is 19.5. The van der Waals surface area contributed by atoms with Crippen LogP contribution in [-0.2, 0) is 13.1 Å². The summed E-state index contributed by atoms with van der Waals surface area (Å²) in [6, 6.07) is 9.26. The summed E-state index contributed by atoms with van der Waals surface area (Å²) in [5, 5.41) is 3.33. The van der Waals surface area contributed by atoms with E-state index in [0.29, 0.717) is 24.8 Å². The number of anilines is 1. The van der Waals surface area contributed by atoms with Crippen LogP contribution in [0.3, 0.4) is 0 Å². The predicted molar refractivity (Wildman–Crippen MR) is 83.9 cm³/mol. The lowest BCUT2D eigenvalue weighted by Crippen LogP contribution is -2.21. The molecule has 0 aliphatic carbocycles. The van der Waals surface area contributed by atoms with E-state index >= 15 is 0 Å². The number of benzene rings is 1. The third-order valence-electron chi connectivity index (χ3n) is 3.43. The molecular weight excluding hydrogens is 267 g/mol. The van der Waals surface area contributed by atoms with Gasteiger partial charge in [-0.2, -0.15) is 0 Å². The first-order chi connectivity index (χ1) is 9.97. The topological polar surface area (TPSA) is 28.4 Å². The monoisotopic (exact) mass is 290 g/mol. The van der Waals surface area contributed by atoms with Crippen molar-refractivity contribution in [2.45, 2.75) is 39.9 Å². The molecule has 0 saturated heterocycles. The molecule has 0 amide bonds. The molecular formula is C17H23FN2O. The van der Waals surface area contributed by atoms with Gasteiger partial charge in [-0.15, -0.1) is 0 Å². The predicted octanol–water partition coefficient (Wildman–Crippen LogP) is 3.86. The van der Waals surface area contributed by atoms with Crippen LogP contribution in [0.25, 0.3) is 0 Å². The van der Waals surface area contributed by atoms with Gasteiger partial charge in [-0.25, -0.2) is 4.39 Å². The molecule has 2 rings (SSSR count). The molecule has 1 aromatic carbocycles. The maximum Gasteiger partial charge on any atom is 0.146 e. The molecule has 21 heavy (non-hydrogen) atoms. The van der Waals surface area contributed by atoms with Crippen LogP contribution in [-0.4, -0.2) is 13.1 Å². The van der Waals surface area contributed by atoms with E-state index in [-0.39, 0.29) is 5.82 Å². The second-order valence-corrected chi connectivity index (χ2v) is 5.64. The zero-order valence-electron chi connectivity index (χ0n) is 13.1. The molecule has 0 unspecified atom stereocenters. The number of hydrogen-bond donors (Lipinski definition) is 1. The van der Waals surface area contributed by atoms with Crippen molar-refractivity contribution < 1.29 is 8.81 Å². The molecule has 1 heterocycles. The van der Waals surface area contributed by atoms with E-state index in [1.807, 2.05) is 31.0 Å². The Labute approximate surface area is 125 Å². The van der Waals surface area contributed by atoms with Crippen molar-refractivity contribution >= 4 is 5.69 Å². The van der Waals surface area contributed by atoms with E-state index < -0.39 is 0 Å². The Bertz CT molecular complexity index is 592. The summed E-state index contributed by atoms with van der Waals surface area (Å²) >= 11 is 0. The van der Waals surface area contributed by atoms with Gasteiger partial charge >= 0.3 is 0 Å². The molecule has 0 aliphatic heterocycles. The first-order valence-electron chi connectivity index (χ1n) is 7.24. The van der Waals surface area contributed by atoms with E-state index in [1.54, 1.807) is 12.1 Å². The van der Waals surface area contributed by atoms with E-state index in [1.165, 1.54) is 6.07 Å². The van der Waals surface area contributed by atoms with Gasteiger partial charge in [0.15, 0.2) is 0 Å². The molecule has 114 valence electrons. The van der Waals surface area contributed by atoms with Crippen molar-refractivity contribution in [2.24, 2.45) is 0 Å². The normalized spacial score (nSPS) is 11.1. The van der Waals surface area contributed by atoms with Gasteiger partial charge in [0.05, 0.1) is 12.2 Å². The number of rotatable bonds is 6. The van der Waals surface area contributed by atoms with Crippen LogP contribution >= 0.6 is 0 Å². The summed E-state index contributed by atoms with van der Waals surface area (Å²) in [5.74, 6) is 1.60. The lowest BCUT2D eigenvalue weighted by atomic mass is 10.2. The molecule has 2 aromatic rings. The van der Waals surface area contributed by atoms with Crippen LogP contribution in [0.15, 0.2) is 34.7 Å². The standard InChI is InChI=1S/C17H23FN2O/c1-12(2)19-10-15-9-14(13(3)21-15)11-20(4)17-8-6-5-7-16(17)18/h5-9,12,19H,10-11H2,1-4H3. The third-order valence-corrected chi connectivity index (χ3v) is 3.43. The Morgan fingerprint density at radius 2 is 2.00 bits per heavy atom. The van der Waals surface area contributed by atoms with Crippen molar-refractivity contribution in [2.75, 3.05) is 11.9 Å². The Balaban J connectivity index is 2.07. The van der Waals surface area contributed by atoms with Gasteiger partial charge in [0.1, 0.15) is 17.3 Å². The fourth-order valence-electron chi connectivity index (χ4n) is 2.24. The van der Waals surface area contributed by atoms with Gasteiger partial charge in [-0.1, -0.05) is 26.0 Å². The molecule has 1 N–H and O–H groups in total. The first-order valence-corrected chi connectivity index (χ1v) is 7.24. The van der Waals surface area contributed by atoms with E-state index in [4.69, 9.17) is 4.42 Å². The minimum Gasteiger partial charge on any atom is -0.465 e. The quantitative estimate of drug-likeness (QED) is 0.875. The highest BCUT2D eigenvalue weighted by molar-refractivity contribution is 5.47. The SMILES string of the molecule is Cc1oc(CNC(C)C)cc1CN(C)c1ccccc1F. The third kappa shape index (κ3) is 4.08. The lowest BCUT2D eigenvalue weighted by molar-refractivity contribution is 0.446. The number of furan rings is 1. The molecule has 1 aromatic heterocycles. The summed E-state index contributed by atoms with van der Waals surface area (Å²) in [4.78, 5) is 1.90. The van der Waals surface area contributed by atoms with E-state index in [2.05, 4.69) is 19.2 Å². The smallest absolute Gasteiger partial charge is 0.146 e. The van der Waals surface area contributed by atoms with Gasteiger partial charge in [0.2, 0.25) is 0 Å². The minimum atomic E-state index is -0.206. The molecule has 0 aliphatic rings. The van der Waals surface area contributed by atoms with E-state index in [0.717, 1.165) is 17.1 Å². The Morgan fingerprint density at radius 3 is 2.67 bits per heavy atom. The average molecular weight is 290 g/mol. The van der Waals surface area contributed by atoms with E-state index in [9.17, 15) is 4.39 Å². The highest BCUT2D eigenvalue weighted by atomic mass is 19.1. The Kier molecular flexibility index (Phi) is 5.02.